The number of nitrogens with zero attached hydrogens (tertiary/aromatic N) is 2. The number of piperidine rings is 1. The predicted octanol–water partition coefficient (Wildman–Crippen LogP) is 20.6. The van der Waals surface area contributed by atoms with Crippen molar-refractivity contribution in [2.24, 2.45) is 35.0 Å². The maximum atomic E-state index is 4.62. The van der Waals surface area contributed by atoms with Crippen molar-refractivity contribution in [2.75, 3.05) is 18.0 Å². The number of allylic oxidation sites excluding steroid dienone is 8. The summed E-state index contributed by atoms with van der Waals surface area (Å²) in [4.78, 5) is 7.13. The van der Waals surface area contributed by atoms with Gasteiger partial charge in [-0.25, -0.2) is 0 Å². The monoisotopic (exact) mass is 893 g/mol. The third-order valence-corrected chi connectivity index (χ3v) is 14.1. The van der Waals surface area contributed by atoms with Gasteiger partial charge in [0.25, 0.3) is 0 Å². The number of aryl methyl sites for hydroxylation is 2. The van der Waals surface area contributed by atoms with Crippen LogP contribution >= 0.6 is 0 Å². The van der Waals surface area contributed by atoms with Gasteiger partial charge in [-0.15, -0.1) is 6.58 Å². The van der Waals surface area contributed by atoms with Gasteiger partial charge in [-0.2, -0.15) is 0 Å². The lowest BCUT2D eigenvalue weighted by atomic mass is 9.71. The van der Waals surface area contributed by atoms with Gasteiger partial charge in [0, 0.05) is 13.1 Å². The molecule has 1 aromatic heterocycles. The smallest absolute Gasteiger partial charge is 0.0657 e. The summed E-state index contributed by atoms with van der Waals surface area (Å²) in [5.74, 6) is 4.14. The van der Waals surface area contributed by atoms with E-state index in [-0.39, 0.29) is 0 Å². The minimum absolute atomic E-state index is 0.569. The first-order valence-corrected chi connectivity index (χ1v) is 26.3. The van der Waals surface area contributed by atoms with E-state index in [9.17, 15) is 0 Å². The van der Waals surface area contributed by atoms with Gasteiger partial charge >= 0.3 is 0 Å². The van der Waals surface area contributed by atoms with Crippen LogP contribution in [0, 0.1) is 48.9 Å². The van der Waals surface area contributed by atoms with E-state index < -0.39 is 0 Å². The summed E-state index contributed by atoms with van der Waals surface area (Å²) < 4.78 is 0. The van der Waals surface area contributed by atoms with E-state index in [2.05, 4.69) is 197 Å². The molecule has 2 heterocycles. The topological polar surface area (TPSA) is 16.1 Å². The molecule has 1 aliphatic carbocycles. The fraction of sp³-hybridized carbons (Fsp3) is 0.635. The maximum absolute atomic E-state index is 4.62. The van der Waals surface area contributed by atoms with E-state index >= 15 is 0 Å². The predicted molar refractivity (Wildman–Crippen MR) is 301 cm³/mol. The van der Waals surface area contributed by atoms with E-state index in [1.165, 1.54) is 134 Å². The summed E-state index contributed by atoms with van der Waals surface area (Å²) in [5, 5.41) is 0. The number of pyridine rings is 1. The SMILES string of the molecule is C/C=C(\C)c1ccc(N2CCC(CC)(CC(C)C)CC2)cn1.C=C(C)CCC(C(=C)C)C(C)C.C=Cc1cc(C)ccc1C.CC.CC1=CC(C)=C(C)CC1.CCC(CC)C(CC)CC. The number of aromatic nitrogens is 1. The Hall–Kier alpha value is -3.39. The molecular weight excluding hydrogens is 785 g/mol. The highest BCUT2D eigenvalue weighted by atomic mass is 15.1. The fourth-order valence-electron chi connectivity index (χ4n) is 9.35. The van der Waals surface area contributed by atoms with Crippen molar-refractivity contribution in [3.05, 3.63) is 119 Å². The number of benzene rings is 1. The lowest BCUT2D eigenvalue weighted by Gasteiger charge is -2.43. The molecule has 0 N–H and O–H groups in total. The molecule has 0 bridgehead atoms. The van der Waals surface area contributed by atoms with Crippen LogP contribution in [-0.2, 0) is 0 Å². The molecule has 65 heavy (non-hydrogen) atoms. The summed E-state index contributed by atoms with van der Waals surface area (Å²) >= 11 is 0. The minimum atomic E-state index is 0.569. The molecular formula is C63H108N2. The van der Waals surface area contributed by atoms with Crippen LogP contribution in [0.25, 0.3) is 11.6 Å². The Kier molecular flexibility index (Phi) is 35.0. The van der Waals surface area contributed by atoms with E-state index in [1.54, 1.807) is 5.57 Å². The first kappa shape index (κ1) is 63.7. The maximum Gasteiger partial charge on any atom is 0.0657 e. The van der Waals surface area contributed by atoms with Crippen molar-refractivity contribution in [3.63, 3.8) is 0 Å². The van der Waals surface area contributed by atoms with Crippen LogP contribution in [0.15, 0.2) is 96.3 Å². The molecule has 1 fully saturated rings. The Balaban J connectivity index is 0. The Bertz CT molecular complexity index is 1670. The number of hydrogen-bond acceptors (Lipinski definition) is 2. The standard InChI is InChI=1S/C20H32N2.C12H22.C10H12.C10H22.C9H14.C2H6/c1-6-17(5)19-9-8-18(15-21-19)22-12-10-20(7-2,11-13-22)14-16(3)4;1-9(2)7-8-12(10(3)4)11(5)6;1-4-10-7-8(2)5-6-9(10)3;1-5-9(6-2)10(7-3)8-4;1-7-4-5-8(2)9(3)6-7;1-2/h6,8-9,15-16H,7,10-14H2,1-5H3;11-12H,1,3,7-8H2,2,4-6H3;4-7H,1H2,2-3H3;9-10H,5-8H2,1-4H3;6H,4-5H2,1-3H3;1-2H3/b17-6+;;;;;. The third kappa shape index (κ3) is 25.9. The van der Waals surface area contributed by atoms with Crippen LogP contribution < -0.4 is 4.90 Å². The van der Waals surface area contributed by atoms with Crippen LogP contribution in [0.3, 0.4) is 0 Å². The molecule has 1 saturated heterocycles. The van der Waals surface area contributed by atoms with Gasteiger partial charge in [-0.05, 0) is 171 Å². The molecule has 2 nitrogen and oxygen atoms in total. The van der Waals surface area contributed by atoms with Gasteiger partial charge in [0.15, 0.2) is 0 Å². The first-order chi connectivity index (χ1) is 30.7. The van der Waals surface area contributed by atoms with E-state index in [1.807, 2.05) is 26.1 Å². The van der Waals surface area contributed by atoms with Crippen LogP contribution in [-0.4, -0.2) is 18.1 Å². The van der Waals surface area contributed by atoms with Crippen molar-refractivity contribution in [1.82, 2.24) is 4.98 Å². The van der Waals surface area contributed by atoms with Crippen LogP contribution in [0.2, 0.25) is 0 Å². The fourth-order valence-corrected chi connectivity index (χ4v) is 9.35. The van der Waals surface area contributed by atoms with Crippen LogP contribution in [0.4, 0.5) is 5.69 Å². The van der Waals surface area contributed by atoms with Crippen molar-refractivity contribution in [3.8, 4) is 0 Å². The van der Waals surface area contributed by atoms with Crippen LogP contribution in [0.5, 0.6) is 0 Å². The van der Waals surface area contributed by atoms with Crippen LogP contribution in [0.1, 0.15) is 224 Å². The molecule has 2 heteroatoms. The van der Waals surface area contributed by atoms with E-state index in [4.69, 9.17) is 0 Å². The molecule has 2 aliphatic rings. The Morgan fingerprint density at radius 3 is 1.71 bits per heavy atom. The van der Waals surface area contributed by atoms with Crippen molar-refractivity contribution in [2.45, 2.75) is 216 Å². The highest BCUT2D eigenvalue weighted by molar-refractivity contribution is 5.61. The van der Waals surface area contributed by atoms with E-state index in [0.717, 1.165) is 29.9 Å². The van der Waals surface area contributed by atoms with Gasteiger partial charge in [0.1, 0.15) is 0 Å². The van der Waals surface area contributed by atoms with Crippen molar-refractivity contribution >= 4 is 17.3 Å². The Labute approximate surface area is 407 Å². The summed E-state index contributed by atoms with van der Waals surface area (Å²) in [6.45, 7) is 58.1. The molecule has 0 saturated carbocycles. The molecule has 2 aromatic rings. The molecule has 1 atom stereocenters. The number of rotatable bonds is 16. The summed E-state index contributed by atoms with van der Waals surface area (Å²) in [5.41, 5.74) is 15.1. The Morgan fingerprint density at radius 1 is 0.800 bits per heavy atom. The lowest BCUT2D eigenvalue weighted by Crippen LogP contribution is -2.40. The zero-order valence-corrected chi connectivity index (χ0v) is 47.0. The average molecular weight is 894 g/mol. The zero-order valence-electron chi connectivity index (χ0n) is 47.0. The lowest BCUT2D eigenvalue weighted by molar-refractivity contribution is 0.165. The van der Waals surface area contributed by atoms with Gasteiger partial charge in [-0.3, -0.25) is 4.98 Å². The summed E-state index contributed by atoms with van der Waals surface area (Å²) in [6.07, 6.45) is 24.0. The second kappa shape index (κ2) is 35.8. The largest absolute Gasteiger partial charge is 0.370 e. The third-order valence-electron chi connectivity index (χ3n) is 14.1. The van der Waals surface area contributed by atoms with Gasteiger partial charge in [-0.1, -0.05) is 191 Å². The Morgan fingerprint density at radius 2 is 1.35 bits per heavy atom. The molecule has 1 aliphatic heterocycles. The second-order valence-electron chi connectivity index (χ2n) is 20.2. The quantitative estimate of drug-likeness (QED) is 0.156. The van der Waals surface area contributed by atoms with Gasteiger partial charge in [0.2, 0.25) is 0 Å². The number of hydrogen-bond donors (Lipinski definition) is 0. The second-order valence-corrected chi connectivity index (χ2v) is 20.2. The van der Waals surface area contributed by atoms with Gasteiger partial charge in [0.05, 0.1) is 17.6 Å². The first-order valence-electron chi connectivity index (χ1n) is 26.3. The summed E-state index contributed by atoms with van der Waals surface area (Å²) in [7, 11) is 0. The normalized spacial score (nSPS) is 14.9. The van der Waals surface area contributed by atoms with Gasteiger partial charge < -0.3 is 4.90 Å². The molecule has 370 valence electrons. The van der Waals surface area contributed by atoms with E-state index in [0.29, 0.717) is 17.3 Å². The zero-order chi connectivity index (χ0) is 50.3. The molecule has 1 aromatic carbocycles. The minimum Gasteiger partial charge on any atom is -0.370 e. The highest BCUT2D eigenvalue weighted by Gasteiger charge is 2.33. The molecule has 0 radical (unpaired) electrons. The molecule has 4 rings (SSSR count). The highest BCUT2D eigenvalue weighted by Crippen LogP contribution is 2.41. The average Bonchev–Trinajstić information content (AvgIpc) is 3.28. The molecule has 1 unspecified atom stereocenters. The van der Waals surface area contributed by atoms with Crippen molar-refractivity contribution in [1.29, 1.82) is 0 Å². The molecule has 0 spiro atoms. The number of anilines is 1. The summed E-state index contributed by atoms with van der Waals surface area (Å²) in [6, 6.07) is 10.8. The van der Waals surface area contributed by atoms with Crippen molar-refractivity contribution < 1.29 is 0 Å². The molecule has 0 amide bonds.